The summed E-state index contributed by atoms with van der Waals surface area (Å²) in [5.41, 5.74) is 1.28. The third kappa shape index (κ3) is 4.76. The van der Waals surface area contributed by atoms with Crippen LogP contribution in [-0.2, 0) is 6.54 Å². The molecular weight excluding hydrogens is 404 g/mol. The number of pyridine rings is 4. The summed E-state index contributed by atoms with van der Waals surface area (Å²) in [7, 11) is 0. The Kier molecular flexibility index (Phi) is 5.87. The number of fused-ring (bicyclic) bond motifs is 1. The first-order valence-electron chi connectivity index (χ1n) is 10.4. The van der Waals surface area contributed by atoms with Crippen molar-refractivity contribution in [3.05, 3.63) is 71.4 Å². The van der Waals surface area contributed by atoms with Gasteiger partial charge in [-0.15, -0.1) is 0 Å². The normalized spacial score (nSPS) is 11.5. The van der Waals surface area contributed by atoms with E-state index in [0.29, 0.717) is 22.8 Å². The number of aliphatic hydroxyl groups is 1. The molecule has 0 spiro atoms. The third-order valence-electron chi connectivity index (χ3n) is 4.77. The van der Waals surface area contributed by atoms with Gasteiger partial charge in [0.2, 0.25) is 0 Å². The van der Waals surface area contributed by atoms with Crippen molar-refractivity contribution in [1.82, 2.24) is 19.5 Å². The van der Waals surface area contributed by atoms with E-state index >= 15 is 0 Å². The molecule has 0 atom stereocenters. The van der Waals surface area contributed by atoms with E-state index in [4.69, 9.17) is 4.98 Å². The van der Waals surface area contributed by atoms with Gasteiger partial charge in [-0.25, -0.2) is 9.97 Å². The highest BCUT2D eigenvalue weighted by molar-refractivity contribution is 5.93. The fourth-order valence-corrected chi connectivity index (χ4v) is 3.42. The molecule has 0 saturated carbocycles. The quantitative estimate of drug-likeness (QED) is 0.427. The summed E-state index contributed by atoms with van der Waals surface area (Å²) in [6.45, 7) is 6.14. The smallest absolute Gasteiger partial charge is 0.262 e. The van der Waals surface area contributed by atoms with E-state index < -0.39 is 0 Å². The summed E-state index contributed by atoms with van der Waals surface area (Å²) in [5.74, 6) is 1.67. The predicted molar refractivity (Wildman–Crippen MR) is 127 cm³/mol. The van der Waals surface area contributed by atoms with E-state index in [1.165, 1.54) is 4.57 Å². The Hall–Kier alpha value is -3.78. The first kappa shape index (κ1) is 21.5. The summed E-state index contributed by atoms with van der Waals surface area (Å²) in [4.78, 5) is 26.5. The maximum absolute atomic E-state index is 13.0. The maximum Gasteiger partial charge on any atom is 0.262 e. The highest BCUT2D eigenvalue weighted by Gasteiger charge is 2.17. The van der Waals surface area contributed by atoms with Gasteiger partial charge in [-0.1, -0.05) is 6.07 Å². The Labute approximate surface area is 186 Å². The molecule has 8 heteroatoms. The minimum atomic E-state index is -0.306. The monoisotopic (exact) mass is 430 g/mol. The molecule has 0 radical (unpaired) electrons. The van der Waals surface area contributed by atoms with Crippen molar-refractivity contribution in [2.24, 2.45) is 0 Å². The number of aromatic nitrogens is 4. The van der Waals surface area contributed by atoms with Crippen LogP contribution in [0.15, 0.2) is 65.8 Å². The number of nitrogens with zero attached hydrogens (tertiary/aromatic N) is 4. The lowest BCUT2D eigenvalue weighted by Crippen LogP contribution is -2.29. The molecule has 8 nitrogen and oxygen atoms in total. The molecule has 164 valence electrons. The Bertz CT molecular complexity index is 1300. The summed E-state index contributed by atoms with van der Waals surface area (Å²) in [6, 6.07) is 13.2. The molecule has 4 heterocycles. The standard InChI is InChI=1S/C24H26N6O2/c1-24(2,3)29-22-21-17(8-11-30(12-13-31)23(21)32)15-20(28-22)27-19-14-16(7-10-26-19)18-6-4-5-9-25-18/h4-11,14-15,31H,12-13H2,1-3H3,(H2,26,27,28,29). The minimum absolute atomic E-state index is 0.112. The van der Waals surface area contributed by atoms with Gasteiger partial charge >= 0.3 is 0 Å². The van der Waals surface area contributed by atoms with Crippen LogP contribution in [0.25, 0.3) is 22.0 Å². The van der Waals surface area contributed by atoms with E-state index in [1.54, 1.807) is 18.6 Å². The number of nitrogens with one attached hydrogen (secondary N) is 2. The lowest BCUT2D eigenvalue weighted by molar-refractivity contribution is 0.274. The van der Waals surface area contributed by atoms with Gasteiger partial charge in [0.1, 0.15) is 17.5 Å². The Morgan fingerprint density at radius 1 is 1.03 bits per heavy atom. The van der Waals surface area contributed by atoms with E-state index in [1.807, 2.05) is 63.2 Å². The molecule has 0 aliphatic heterocycles. The Balaban J connectivity index is 1.77. The van der Waals surface area contributed by atoms with Crippen molar-refractivity contribution in [3.8, 4) is 11.3 Å². The predicted octanol–water partition coefficient (Wildman–Crippen LogP) is 3.80. The summed E-state index contributed by atoms with van der Waals surface area (Å²) in [5, 5.41) is 17.1. The summed E-state index contributed by atoms with van der Waals surface area (Å²) >= 11 is 0. The molecule has 0 aliphatic carbocycles. The van der Waals surface area contributed by atoms with Crippen molar-refractivity contribution in [2.45, 2.75) is 32.9 Å². The number of hydrogen-bond donors (Lipinski definition) is 3. The van der Waals surface area contributed by atoms with E-state index in [-0.39, 0.29) is 24.2 Å². The molecule has 0 unspecified atom stereocenters. The fourth-order valence-electron chi connectivity index (χ4n) is 3.42. The zero-order valence-corrected chi connectivity index (χ0v) is 18.3. The van der Waals surface area contributed by atoms with Crippen LogP contribution in [0, 0.1) is 0 Å². The van der Waals surface area contributed by atoms with Crippen LogP contribution in [0.1, 0.15) is 20.8 Å². The van der Waals surface area contributed by atoms with Crippen LogP contribution >= 0.6 is 0 Å². The topological polar surface area (TPSA) is 105 Å². The minimum Gasteiger partial charge on any atom is -0.395 e. The molecule has 3 N–H and O–H groups in total. The number of aliphatic hydroxyl groups excluding tert-OH is 1. The fraction of sp³-hybridized carbons (Fsp3) is 0.250. The largest absolute Gasteiger partial charge is 0.395 e. The van der Waals surface area contributed by atoms with Crippen molar-refractivity contribution in [1.29, 1.82) is 0 Å². The Morgan fingerprint density at radius 2 is 1.88 bits per heavy atom. The summed E-state index contributed by atoms with van der Waals surface area (Å²) in [6.07, 6.45) is 5.16. The molecule has 0 bridgehead atoms. The van der Waals surface area contributed by atoms with Crippen LogP contribution in [0.2, 0.25) is 0 Å². The lowest BCUT2D eigenvalue weighted by Gasteiger charge is -2.23. The third-order valence-corrected chi connectivity index (χ3v) is 4.77. The number of hydrogen-bond acceptors (Lipinski definition) is 7. The van der Waals surface area contributed by atoms with Gasteiger partial charge in [0.25, 0.3) is 5.56 Å². The van der Waals surface area contributed by atoms with E-state index in [9.17, 15) is 9.90 Å². The van der Waals surface area contributed by atoms with E-state index in [2.05, 4.69) is 20.6 Å². The van der Waals surface area contributed by atoms with Crippen LogP contribution in [0.5, 0.6) is 0 Å². The van der Waals surface area contributed by atoms with Gasteiger partial charge in [0.15, 0.2) is 0 Å². The molecule has 0 aromatic carbocycles. The zero-order valence-electron chi connectivity index (χ0n) is 18.3. The van der Waals surface area contributed by atoms with Gasteiger partial charge in [-0.3, -0.25) is 9.78 Å². The summed E-state index contributed by atoms with van der Waals surface area (Å²) < 4.78 is 1.49. The van der Waals surface area contributed by atoms with Crippen molar-refractivity contribution >= 4 is 28.2 Å². The van der Waals surface area contributed by atoms with Crippen molar-refractivity contribution in [2.75, 3.05) is 17.2 Å². The average molecular weight is 431 g/mol. The molecular formula is C24H26N6O2. The van der Waals surface area contributed by atoms with Gasteiger partial charge in [-0.2, -0.15) is 0 Å². The SMILES string of the molecule is CC(C)(C)Nc1nc(Nc2cc(-c3ccccn3)ccn2)cc2ccn(CCO)c(=O)c12. The van der Waals surface area contributed by atoms with Crippen LogP contribution in [0.3, 0.4) is 0 Å². The van der Waals surface area contributed by atoms with Crippen LogP contribution in [0.4, 0.5) is 17.5 Å². The second-order valence-corrected chi connectivity index (χ2v) is 8.50. The highest BCUT2D eigenvalue weighted by atomic mass is 16.3. The second kappa shape index (κ2) is 8.76. The maximum atomic E-state index is 13.0. The first-order valence-corrected chi connectivity index (χ1v) is 10.4. The van der Waals surface area contributed by atoms with Gasteiger partial charge in [0.05, 0.1) is 17.7 Å². The van der Waals surface area contributed by atoms with Crippen molar-refractivity contribution in [3.63, 3.8) is 0 Å². The number of anilines is 3. The first-order chi connectivity index (χ1) is 15.3. The van der Waals surface area contributed by atoms with Crippen LogP contribution < -0.4 is 16.2 Å². The molecule has 0 fully saturated rings. The molecule has 4 aromatic heterocycles. The van der Waals surface area contributed by atoms with Gasteiger partial charge < -0.3 is 20.3 Å². The second-order valence-electron chi connectivity index (χ2n) is 8.50. The molecule has 4 rings (SSSR count). The van der Waals surface area contributed by atoms with Gasteiger partial charge in [-0.05, 0) is 62.6 Å². The lowest BCUT2D eigenvalue weighted by atomic mass is 10.1. The highest BCUT2D eigenvalue weighted by Crippen LogP contribution is 2.27. The molecule has 0 amide bonds. The van der Waals surface area contributed by atoms with Gasteiger partial charge in [0, 0.05) is 36.2 Å². The molecule has 32 heavy (non-hydrogen) atoms. The van der Waals surface area contributed by atoms with Crippen LogP contribution in [-0.4, -0.2) is 36.8 Å². The zero-order chi connectivity index (χ0) is 22.7. The van der Waals surface area contributed by atoms with E-state index in [0.717, 1.165) is 16.6 Å². The molecule has 0 aliphatic rings. The van der Waals surface area contributed by atoms with Crippen molar-refractivity contribution < 1.29 is 5.11 Å². The Morgan fingerprint density at radius 3 is 2.59 bits per heavy atom. The average Bonchev–Trinajstić information content (AvgIpc) is 2.75. The molecule has 4 aromatic rings. The number of rotatable bonds is 6. The molecule has 0 saturated heterocycles.